The number of rotatable bonds is 5. The second kappa shape index (κ2) is 6.78. The smallest absolute Gasteiger partial charge is 0.262 e. The van der Waals surface area contributed by atoms with Gasteiger partial charge in [0.1, 0.15) is 0 Å². The molecule has 1 amide bonds. The number of amides is 1. The Bertz CT molecular complexity index is 758. The van der Waals surface area contributed by atoms with Gasteiger partial charge in [-0.15, -0.1) is 6.58 Å². The van der Waals surface area contributed by atoms with Crippen LogP contribution in [0, 0.1) is 0 Å². The highest BCUT2D eigenvalue weighted by molar-refractivity contribution is 7.99. The highest BCUT2D eigenvalue weighted by Gasteiger charge is 2.12. The van der Waals surface area contributed by atoms with E-state index in [0.717, 1.165) is 0 Å². The lowest BCUT2D eigenvalue weighted by molar-refractivity contribution is -0.118. The number of nitrogens with zero attached hydrogens (tertiary/aromatic N) is 2. The number of halogens is 1. The quantitative estimate of drug-likeness (QED) is 0.520. The first-order valence-corrected chi connectivity index (χ1v) is 7.57. The van der Waals surface area contributed by atoms with Crippen molar-refractivity contribution in [3.05, 3.63) is 46.2 Å². The predicted octanol–water partition coefficient (Wildman–Crippen LogP) is 2.07. The number of benzene rings is 1. The number of nitrogens with one attached hydrogen (secondary N) is 1. The van der Waals surface area contributed by atoms with Gasteiger partial charge < -0.3 is 5.32 Å². The van der Waals surface area contributed by atoms with Gasteiger partial charge in [0.15, 0.2) is 5.16 Å². The predicted molar refractivity (Wildman–Crippen MR) is 86.0 cm³/mol. The van der Waals surface area contributed by atoms with E-state index < -0.39 is 0 Å². The number of allylic oxidation sites excluding steroid dienone is 1. The summed E-state index contributed by atoms with van der Waals surface area (Å²) in [5.74, 6) is 0.0646. The normalized spacial score (nSPS) is 10.6. The van der Waals surface area contributed by atoms with Crippen molar-refractivity contribution in [3.63, 3.8) is 0 Å². The highest BCUT2D eigenvalue weighted by atomic mass is 35.5. The zero-order valence-corrected chi connectivity index (χ0v) is 13.0. The van der Waals surface area contributed by atoms with Crippen molar-refractivity contribution in [3.8, 4) is 0 Å². The molecule has 0 fully saturated rings. The summed E-state index contributed by atoms with van der Waals surface area (Å²) in [6.07, 6.45) is 1.61. The lowest BCUT2D eigenvalue weighted by Crippen LogP contribution is -2.24. The molecule has 7 heteroatoms. The van der Waals surface area contributed by atoms with Gasteiger partial charge in [0.05, 0.1) is 16.7 Å². The third kappa shape index (κ3) is 3.46. The van der Waals surface area contributed by atoms with Crippen LogP contribution in [0.5, 0.6) is 0 Å². The lowest BCUT2D eigenvalue weighted by atomic mass is 10.2. The molecule has 0 saturated heterocycles. The molecule has 1 N–H and O–H groups in total. The Labute approximate surface area is 131 Å². The van der Waals surface area contributed by atoms with Crippen LogP contribution in [-0.4, -0.2) is 28.3 Å². The summed E-state index contributed by atoms with van der Waals surface area (Å²) in [7, 11) is 1.57. The Morgan fingerprint density at radius 2 is 2.33 bits per heavy atom. The molecule has 0 aliphatic carbocycles. The summed E-state index contributed by atoms with van der Waals surface area (Å²) in [4.78, 5) is 28.3. The molecule has 0 radical (unpaired) electrons. The summed E-state index contributed by atoms with van der Waals surface area (Å²) < 4.78 is 1.49. The minimum Gasteiger partial charge on any atom is -0.358 e. The Morgan fingerprint density at radius 3 is 3.00 bits per heavy atom. The van der Waals surface area contributed by atoms with E-state index in [1.165, 1.54) is 16.3 Å². The maximum absolute atomic E-state index is 12.5. The molecule has 1 aromatic carbocycles. The molecule has 21 heavy (non-hydrogen) atoms. The molecule has 0 saturated carbocycles. The van der Waals surface area contributed by atoms with Crippen molar-refractivity contribution < 1.29 is 4.79 Å². The van der Waals surface area contributed by atoms with Crippen LogP contribution in [0.3, 0.4) is 0 Å². The average molecular weight is 324 g/mol. The van der Waals surface area contributed by atoms with Crippen LogP contribution in [0.25, 0.3) is 10.9 Å². The van der Waals surface area contributed by atoms with Crippen LogP contribution in [0.1, 0.15) is 0 Å². The summed E-state index contributed by atoms with van der Waals surface area (Å²) in [6, 6.07) is 4.97. The first kappa shape index (κ1) is 15.6. The van der Waals surface area contributed by atoms with Gasteiger partial charge in [-0.05, 0) is 18.2 Å². The van der Waals surface area contributed by atoms with Gasteiger partial charge in [0.2, 0.25) is 5.91 Å². The maximum atomic E-state index is 12.5. The third-order valence-corrected chi connectivity index (χ3v) is 4.02. The minimum atomic E-state index is -0.193. The van der Waals surface area contributed by atoms with Crippen molar-refractivity contribution in [2.24, 2.45) is 0 Å². The molecule has 0 atom stereocenters. The van der Waals surface area contributed by atoms with Gasteiger partial charge >= 0.3 is 0 Å². The van der Waals surface area contributed by atoms with Gasteiger partial charge in [-0.3, -0.25) is 14.2 Å². The number of carbonyl (C=O) groups is 1. The number of fused-ring (bicyclic) bond motifs is 1. The monoisotopic (exact) mass is 323 g/mol. The average Bonchev–Trinajstić information content (AvgIpc) is 2.48. The van der Waals surface area contributed by atoms with E-state index in [9.17, 15) is 9.59 Å². The van der Waals surface area contributed by atoms with Crippen LogP contribution in [0.15, 0.2) is 40.8 Å². The fourth-order valence-electron chi connectivity index (χ4n) is 1.78. The molecular weight excluding hydrogens is 310 g/mol. The topological polar surface area (TPSA) is 64.0 Å². The third-order valence-electron chi connectivity index (χ3n) is 2.80. The molecular formula is C14H14ClN3O2S. The molecule has 5 nitrogen and oxygen atoms in total. The minimum absolute atomic E-state index is 0.129. The molecule has 0 unspecified atom stereocenters. The summed E-state index contributed by atoms with van der Waals surface area (Å²) in [6.45, 7) is 3.97. The number of hydrogen-bond acceptors (Lipinski definition) is 4. The first-order chi connectivity index (χ1) is 10.1. The molecule has 1 heterocycles. The standard InChI is InChI=1S/C14H14ClN3O2S/c1-3-6-18-13(20)10-7-9(15)4-5-11(10)17-14(18)21-8-12(19)16-2/h3-5,7H,1,6,8H2,2H3,(H,16,19). The van der Waals surface area contributed by atoms with E-state index >= 15 is 0 Å². The summed E-state index contributed by atoms with van der Waals surface area (Å²) in [5.41, 5.74) is 0.367. The van der Waals surface area contributed by atoms with Crippen molar-refractivity contribution in [2.45, 2.75) is 11.7 Å². The van der Waals surface area contributed by atoms with Crippen molar-refractivity contribution >= 4 is 40.2 Å². The Kier molecular flexibility index (Phi) is 5.03. The number of carbonyl (C=O) groups excluding carboxylic acids is 1. The maximum Gasteiger partial charge on any atom is 0.262 e. The van der Waals surface area contributed by atoms with Gasteiger partial charge in [0, 0.05) is 18.6 Å². The van der Waals surface area contributed by atoms with Gasteiger partial charge in [-0.2, -0.15) is 0 Å². The second-order valence-electron chi connectivity index (χ2n) is 4.22. The van der Waals surface area contributed by atoms with E-state index in [1.807, 2.05) is 0 Å². The molecule has 2 aromatic rings. The first-order valence-electron chi connectivity index (χ1n) is 6.21. The van der Waals surface area contributed by atoms with Crippen LogP contribution in [0.4, 0.5) is 0 Å². The SMILES string of the molecule is C=CCn1c(SCC(=O)NC)nc2ccc(Cl)cc2c1=O. The fourth-order valence-corrected chi connectivity index (χ4v) is 2.83. The Hall–Kier alpha value is -1.79. The van der Waals surface area contributed by atoms with Crippen LogP contribution < -0.4 is 10.9 Å². The molecule has 0 spiro atoms. The largest absolute Gasteiger partial charge is 0.358 e. The van der Waals surface area contributed by atoms with Crippen LogP contribution in [0.2, 0.25) is 5.02 Å². The van der Waals surface area contributed by atoms with Gasteiger partial charge in [0.25, 0.3) is 5.56 Å². The second-order valence-corrected chi connectivity index (χ2v) is 5.60. The van der Waals surface area contributed by atoms with E-state index in [-0.39, 0.29) is 17.2 Å². The molecule has 110 valence electrons. The Balaban J connectivity index is 2.54. The molecule has 0 aliphatic rings. The zero-order chi connectivity index (χ0) is 15.4. The zero-order valence-electron chi connectivity index (χ0n) is 11.4. The lowest BCUT2D eigenvalue weighted by Gasteiger charge is -2.11. The van der Waals surface area contributed by atoms with E-state index in [0.29, 0.717) is 27.6 Å². The van der Waals surface area contributed by atoms with E-state index in [2.05, 4.69) is 16.9 Å². The van der Waals surface area contributed by atoms with Gasteiger partial charge in [-0.1, -0.05) is 29.4 Å². The highest BCUT2D eigenvalue weighted by Crippen LogP contribution is 2.20. The molecule has 1 aromatic heterocycles. The van der Waals surface area contributed by atoms with E-state index in [4.69, 9.17) is 11.6 Å². The van der Waals surface area contributed by atoms with Gasteiger partial charge in [-0.25, -0.2) is 4.98 Å². The number of thioether (sulfide) groups is 1. The Morgan fingerprint density at radius 1 is 1.57 bits per heavy atom. The summed E-state index contributed by atoms with van der Waals surface area (Å²) >= 11 is 7.14. The summed E-state index contributed by atoms with van der Waals surface area (Å²) in [5, 5.41) is 3.95. The molecule has 0 bridgehead atoms. The molecule has 2 rings (SSSR count). The van der Waals surface area contributed by atoms with Crippen molar-refractivity contribution in [1.82, 2.24) is 14.9 Å². The fraction of sp³-hybridized carbons (Fsp3) is 0.214. The van der Waals surface area contributed by atoms with Crippen molar-refractivity contribution in [2.75, 3.05) is 12.8 Å². The van der Waals surface area contributed by atoms with E-state index in [1.54, 1.807) is 31.3 Å². The number of aromatic nitrogens is 2. The molecule has 0 aliphatic heterocycles. The van der Waals surface area contributed by atoms with Crippen molar-refractivity contribution in [1.29, 1.82) is 0 Å². The van der Waals surface area contributed by atoms with Crippen LogP contribution in [-0.2, 0) is 11.3 Å². The number of hydrogen-bond donors (Lipinski definition) is 1. The van der Waals surface area contributed by atoms with Crippen LogP contribution >= 0.6 is 23.4 Å².